The molecule has 0 bridgehead atoms. The van der Waals surface area contributed by atoms with E-state index < -0.39 is 0 Å². The van der Waals surface area contributed by atoms with Crippen LogP contribution in [0.25, 0.3) is 10.9 Å². The predicted molar refractivity (Wildman–Crippen MR) is 76.3 cm³/mol. The molecule has 1 aromatic heterocycles. The van der Waals surface area contributed by atoms with Crippen molar-refractivity contribution in [1.29, 1.82) is 0 Å². The molecule has 1 saturated heterocycles. The molecule has 1 fully saturated rings. The van der Waals surface area contributed by atoms with Crippen molar-refractivity contribution < 1.29 is 4.74 Å². The molecule has 1 aliphatic heterocycles. The van der Waals surface area contributed by atoms with Crippen molar-refractivity contribution >= 4 is 27.4 Å². The second-order valence-corrected chi connectivity index (χ2v) is 6.24. The van der Waals surface area contributed by atoms with Crippen LogP contribution in [-0.2, 0) is 4.74 Å². The second kappa shape index (κ2) is 4.52. The van der Waals surface area contributed by atoms with Gasteiger partial charge in [0.1, 0.15) is 5.00 Å². The number of rotatable bonds is 2. The molecule has 0 spiro atoms. The van der Waals surface area contributed by atoms with Gasteiger partial charge in [-0.2, -0.15) is 4.37 Å². The van der Waals surface area contributed by atoms with Crippen LogP contribution in [0, 0.1) is 0 Å². The zero-order valence-electron chi connectivity index (χ0n) is 10.8. The monoisotopic (exact) mass is 262 g/mol. The molecule has 2 heterocycles. The average Bonchev–Trinajstić information content (AvgIpc) is 2.72. The third-order valence-corrected chi connectivity index (χ3v) is 4.22. The van der Waals surface area contributed by atoms with Crippen LogP contribution < -0.4 is 5.32 Å². The van der Waals surface area contributed by atoms with Crippen LogP contribution in [0.3, 0.4) is 0 Å². The van der Waals surface area contributed by atoms with E-state index in [1.807, 2.05) is 6.07 Å². The number of anilines is 1. The molecule has 0 radical (unpaired) electrons. The van der Waals surface area contributed by atoms with Crippen molar-refractivity contribution in [1.82, 2.24) is 4.37 Å². The van der Waals surface area contributed by atoms with Gasteiger partial charge in [0.25, 0.3) is 0 Å². The zero-order valence-corrected chi connectivity index (χ0v) is 11.6. The Hall–Kier alpha value is -1.13. The highest BCUT2D eigenvalue weighted by atomic mass is 32.1. The minimum Gasteiger partial charge on any atom is -0.375 e. The van der Waals surface area contributed by atoms with Crippen molar-refractivity contribution in [2.24, 2.45) is 0 Å². The third-order valence-electron chi connectivity index (χ3n) is 3.42. The van der Waals surface area contributed by atoms with Gasteiger partial charge in [0.2, 0.25) is 0 Å². The van der Waals surface area contributed by atoms with Gasteiger partial charge in [0, 0.05) is 18.0 Å². The molecule has 18 heavy (non-hydrogen) atoms. The van der Waals surface area contributed by atoms with E-state index in [2.05, 4.69) is 41.7 Å². The first-order chi connectivity index (χ1) is 8.64. The van der Waals surface area contributed by atoms with E-state index >= 15 is 0 Å². The molecule has 3 nitrogen and oxygen atoms in total. The van der Waals surface area contributed by atoms with E-state index in [4.69, 9.17) is 4.74 Å². The Morgan fingerprint density at radius 3 is 3.06 bits per heavy atom. The highest BCUT2D eigenvalue weighted by molar-refractivity contribution is 7.11. The number of ether oxygens (including phenoxy) is 1. The van der Waals surface area contributed by atoms with E-state index in [1.54, 1.807) is 11.5 Å². The van der Waals surface area contributed by atoms with Gasteiger partial charge in [0.15, 0.2) is 0 Å². The molecule has 0 amide bonds. The topological polar surface area (TPSA) is 34.2 Å². The third kappa shape index (κ3) is 2.35. The molecule has 3 rings (SSSR count). The Bertz CT molecular complexity index is 549. The maximum atomic E-state index is 5.75. The van der Waals surface area contributed by atoms with Crippen molar-refractivity contribution in [3.05, 3.63) is 24.3 Å². The first kappa shape index (κ1) is 11.9. The van der Waals surface area contributed by atoms with E-state index in [1.165, 1.54) is 10.4 Å². The maximum absolute atomic E-state index is 5.75. The maximum Gasteiger partial charge on any atom is 0.117 e. The number of nitrogens with zero attached hydrogens (tertiary/aromatic N) is 1. The van der Waals surface area contributed by atoms with Crippen LogP contribution >= 0.6 is 11.5 Å². The molecule has 2 aromatic rings. The van der Waals surface area contributed by atoms with Gasteiger partial charge in [0.05, 0.1) is 11.1 Å². The Morgan fingerprint density at radius 1 is 1.39 bits per heavy atom. The Balaban J connectivity index is 1.80. The summed E-state index contributed by atoms with van der Waals surface area (Å²) in [7, 11) is 0. The Kier molecular flexibility index (Phi) is 2.99. The first-order valence-corrected chi connectivity index (χ1v) is 7.16. The second-order valence-electron chi connectivity index (χ2n) is 5.47. The smallest absolute Gasteiger partial charge is 0.117 e. The summed E-state index contributed by atoms with van der Waals surface area (Å²) >= 11 is 1.55. The molecule has 1 aliphatic rings. The summed E-state index contributed by atoms with van der Waals surface area (Å²) in [6, 6.07) is 8.77. The van der Waals surface area contributed by atoms with Crippen molar-refractivity contribution in [3.8, 4) is 0 Å². The molecule has 96 valence electrons. The summed E-state index contributed by atoms with van der Waals surface area (Å²) in [5.74, 6) is 0. The lowest BCUT2D eigenvalue weighted by molar-refractivity contribution is -0.0552. The van der Waals surface area contributed by atoms with Crippen molar-refractivity contribution in [3.63, 3.8) is 0 Å². The SMILES string of the molecule is CC1(C)CC(Nc2snc3ccccc23)CCO1. The summed E-state index contributed by atoms with van der Waals surface area (Å²) in [4.78, 5) is 0. The lowest BCUT2D eigenvalue weighted by Crippen LogP contribution is -2.39. The van der Waals surface area contributed by atoms with E-state index in [0.717, 1.165) is 25.0 Å². The van der Waals surface area contributed by atoms with Crippen LogP contribution in [0.5, 0.6) is 0 Å². The minimum atomic E-state index is -0.0175. The lowest BCUT2D eigenvalue weighted by Gasteiger charge is -2.36. The van der Waals surface area contributed by atoms with Gasteiger partial charge in [-0.15, -0.1) is 0 Å². The fourth-order valence-corrected chi connectivity index (χ4v) is 3.37. The van der Waals surface area contributed by atoms with E-state index in [0.29, 0.717) is 6.04 Å². The van der Waals surface area contributed by atoms with Gasteiger partial charge in [-0.3, -0.25) is 0 Å². The summed E-state index contributed by atoms with van der Waals surface area (Å²) in [6.45, 7) is 5.15. The number of fused-ring (bicyclic) bond motifs is 1. The summed E-state index contributed by atoms with van der Waals surface area (Å²) in [6.07, 6.45) is 2.11. The molecule has 1 atom stereocenters. The van der Waals surface area contributed by atoms with E-state index in [9.17, 15) is 0 Å². The number of benzene rings is 1. The number of nitrogens with one attached hydrogen (secondary N) is 1. The fourth-order valence-electron chi connectivity index (χ4n) is 2.53. The summed E-state index contributed by atoms with van der Waals surface area (Å²) in [5, 5.41) is 6.05. The summed E-state index contributed by atoms with van der Waals surface area (Å²) < 4.78 is 10.2. The number of aromatic nitrogens is 1. The van der Waals surface area contributed by atoms with Crippen molar-refractivity contribution in [2.45, 2.75) is 38.3 Å². The molecule has 0 aliphatic carbocycles. The molecule has 4 heteroatoms. The van der Waals surface area contributed by atoms with Crippen LogP contribution in [0.1, 0.15) is 26.7 Å². The number of hydrogen-bond donors (Lipinski definition) is 1. The molecule has 0 saturated carbocycles. The molecular formula is C14H18N2OS. The van der Waals surface area contributed by atoms with Crippen LogP contribution in [-0.4, -0.2) is 22.6 Å². The zero-order chi connectivity index (χ0) is 12.6. The molecule has 1 aromatic carbocycles. The highest BCUT2D eigenvalue weighted by Crippen LogP contribution is 2.31. The van der Waals surface area contributed by atoms with Gasteiger partial charge in [-0.05, 0) is 50.4 Å². The number of hydrogen-bond acceptors (Lipinski definition) is 4. The lowest BCUT2D eigenvalue weighted by atomic mass is 9.94. The fraction of sp³-hybridized carbons (Fsp3) is 0.500. The predicted octanol–water partition coefficient (Wildman–Crippen LogP) is 3.67. The molecule has 1 N–H and O–H groups in total. The molecule has 1 unspecified atom stereocenters. The quantitative estimate of drug-likeness (QED) is 0.896. The van der Waals surface area contributed by atoms with Crippen molar-refractivity contribution in [2.75, 3.05) is 11.9 Å². The van der Waals surface area contributed by atoms with Gasteiger partial charge < -0.3 is 10.1 Å². The minimum absolute atomic E-state index is 0.0175. The van der Waals surface area contributed by atoms with E-state index in [-0.39, 0.29) is 5.60 Å². The normalized spacial score (nSPS) is 23.1. The average molecular weight is 262 g/mol. The largest absolute Gasteiger partial charge is 0.375 e. The standard InChI is InChI=1S/C14H18N2OS/c1-14(2)9-10(7-8-17-14)15-13-11-5-3-4-6-12(11)16-18-13/h3-6,10,15H,7-9H2,1-2H3. The summed E-state index contributed by atoms with van der Waals surface area (Å²) in [5.41, 5.74) is 1.06. The van der Waals surface area contributed by atoms with Crippen LogP contribution in [0.15, 0.2) is 24.3 Å². The van der Waals surface area contributed by atoms with Gasteiger partial charge in [-0.1, -0.05) is 12.1 Å². The van der Waals surface area contributed by atoms with Gasteiger partial charge >= 0.3 is 0 Å². The highest BCUT2D eigenvalue weighted by Gasteiger charge is 2.29. The first-order valence-electron chi connectivity index (χ1n) is 6.39. The van der Waals surface area contributed by atoms with Crippen LogP contribution in [0.2, 0.25) is 0 Å². The Labute approximate surface area is 111 Å². The molecular weight excluding hydrogens is 244 g/mol. The Morgan fingerprint density at radius 2 is 2.22 bits per heavy atom. The van der Waals surface area contributed by atoms with Gasteiger partial charge in [-0.25, -0.2) is 0 Å². The van der Waals surface area contributed by atoms with Crippen LogP contribution in [0.4, 0.5) is 5.00 Å².